The van der Waals surface area contributed by atoms with Gasteiger partial charge in [-0.2, -0.15) is 0 Å². The van der Waals surface area contributed by atoms with Crippen LogP contribution in [0.4, 0.5) is 0 Å². The lowest BCUT2D eigenvalue weighted by Crippen LogP contribution is -1.96. The standard InChI is InChI=1S/C13H13NO3S/c1-16-8-9-3-5-10(6-4-9)12-14-7-11(18-12)13(15)17-2/h3-7H,8H2,1-2H3. The number of carbonyl (C=O) groups excluding carboxylic acids is 1. The predicted molar refractivity (Wildman–Crippen MR) is 69.6 cm³/mol. The summed E-state index contributed by atoms with van der Waals surface area (Å²) in [6.45, 7) is 0.589. The van der Waals surface area contributed by atoms with Crippen LogP contribution in [0.15, 0.2) is 30.5 Å². The molecule has 0 fully saturated rings. The van der Waals surface area contributed by atoms with Crippen LogP contribution in [0.25, 0.3) is 10.6 Å². The zero-order valence-corrected chi connectivity index (χ0v) is 11.0. The minimum Gasteiger partial charge on any atom is -0.465 e. The Labute approximate surface area is 109 Å². The monoisotopic (exact) mass is 263 g/mol. The van der Waals surface area contributed by atoms with Crippen molar-refractivity contribution in [2.45, 2.75) is 6.61 Å². The van der Waals surface area contributed by atoms with E-state index in [1.807, 2.05) is 24.3 Å². The SMILES string of the molecule is COCc1ccc(-c2ncc(C(=O)OC)s2)cc1. The largest absolute Gasteiger partial charge is 0.465 e. The Balaban J connectivity index is 2.20. The number of benzene rings is 1. The van der Waals surface area contributed by atoms with Crippen LogP contribution >= 0.6 is 11.3 Å². The minimum absolute atomic E-state index is 0.352. The van der Waals surface area contributed by atoms with E-state index in [1.54, 1.807) is 7.11 Å². The van der Waals surface area contributed by atoms with Crippen molar-refractivity contribution in [3.05, 3.63) is 40.9 Å². The van der Waals surface area contributed by atoms with E-state index < -0.39 is 0 Å². The van der Waals surface area contributed by atoms with Crippen LogP contribution in [-0.4, -0.2) is 25.2 Å². The predicted octanol–water partition coefficient (Wildman–Crippen LogP) is 2.74. The summed E-state index contributed by atoms with van der Waals surface area (Å²) in [7, 11) is 3.03. The molecule has 0 aliphatic heterocycles. The number of ether oxygens (including phenoxy) is 2. The highest BCUT2D eigenvalue weighted by Gasteiger charge is 2.11. The smallest absolute Gasteiger partial charge is 0.349 e. The van der Waals surface area contributed by atoms with Crippen LogP contribution in [-0.2, 0) is 16.1 Å². The Hall–Kier alpha value is -1.72. The summed E-state index contributed by atoms with van der Waals surface area (Å²) in [6, 6.07) is 7.90. The molecule has 0 bridgehead atoms. The molecule has 0 aliphatic carbocycles. The lowest BCUT2D eigenvalue weighted by Gasteiger charge is -2.00. The molecule has 0 radical (unpaired) electrons. The van der Waals surface area contributed by atoms with Crippen LogP contribution in [0, 0.1) is 0 Å². The third-order valence-electron chi connectivity index (χ3n) is 2.40. The fraction of sp³-hybridized carbons (Fsp3) is 0.231. The van der Waals surface area contributed by atoms with Crippen molar-refractivity contribution in [2.24, 2.45) is 0 Å². The second-order valence-corrected chi connectivity index (χ2v) is 4.68. The summed E-state index contributed by atoms with van der Waals surface area (Å²) in [5, 5.41) is 0.805. The zero-order valence-electron chi connectivity index (χ0n) is 10.2. The van der Waals surface area contributed by atoms with Gasteiger partial charge in [0.25, 0.3) is 0 Å². The molecule has 0 saturated carbocycles. The minimum atomic E-state index is -0.352. The van der Waals surface area contributed by atoms with Crippen LogP contribution in [0.3, 0.4) is 0 Å². The van der Waals surface area contributed by atoms with Crippen LogP contribution < -0.4 is 0 Å². The van der Waals surface area contributed by atoms with Gasteiger partial charge in [0, 0.05) is 12.7 Å². The van der Waals surface area contributed by atoms with Crippen molar-refractivity contribution in [3.8, 4) is 10.6 Å². The normalized spacial score (nSPS) is 10.3. The molecule has 2 aromatic rings. The average Bonchev–Trinajstić information content (AvgIpc) is 2.89. The van der Waals surface area contributed by atoms with Gasteiger partial charge in [-0.3, -0.25) is 0 Å². The maximum atomic E-state index is 11.3. The van der Waals surface area contributed by atoms with Gasteiger partial charge < -0.3 is 9.47 Å². The number of carbonyl (C=O) groups is 1. The molecular formula is C13H13NO3S. The molecule has 0 N–H and O–H groups in total. The molecular weight excluding hydrogens is 250 g/mol. The molecule has 1 aromatic heterocycles. The second-order valence-electron chi connectivity index (χ2n) is 3.65. The first-order valence-corrected chi connectivity index (χ1v) is 6.18. The highest BCUT2D eigenvalue weighted by molar-refractivity contribution is 7.16. The fourth-order valence-corrected chi connectivity index (χ4v) is 2.35. The van der Waals surface area contributed by atoms with Gasteiger partial charge in [-0.15, -0.1) is 11.3 Å². The van der Waals surface area contributed by atoms with E-state index in [4.69, 9.17) is 4.74 Å². The van der Waals surface area contributed by atoms with Gasteiger partial charge in [0.1, 0.15) is 9.88 Å². The van der Waals surface area contributed by atoms with Gasteiger partial charge in [0.15, 0.2) is 0 Å². The second kappa shape index (κ2) is 5.75. The van der Waals surface area contributed by atoms with Gasteiger partial charge in [0.2, 0.25) is 0 Å². The summed E-state index contributed by atoms with van der Waals surface area (Å²) in [5.41, 5.74) is 2.08. The Bertz CT molecular complexity index is 533. The summed E-state index contributed by atoms with van der Waals surface area (Å²) >= 11 is 1.32. The molecule has 0 spiro atoms. The third-order valence-corrected chi connectivity index (χ3v) is 3.43. The van der Waals surface area contributed by atoms with Gasteiger partial charge in [-0.1, -0.05) is 24.3 Å². The summed E-state index contributed by atoms with van der Waals surface area (Å²) in [4.78, 5) is 16.1. The Morgan fingerprint density at radius 1 is 1.28 bits per heavy atom. The maximum absolute atomic E-state index is 11.3. The van der Waals surface area contributed by atoms with Crippen molar-refractivity contribution >= 4 is 17.3 Å². The number of hydrogen-bond donors (Lipinski definition) is 0. The van der Waals surface area contributed by atoms with E-state index in [0.717, 1.165) is 16.1 Å². The molecule has 0 aliphatic rings. The van der Waals surface area contributed by atoms with E-state index in [9.17, 15) is 4.79 Å². The van der Waals surface area contributed by atoms with Crippen LogP contribution in [0.5, 0.6) is 0 Å². The number of methoxy groups -OCH3 is 2. The van der Waals surface area contributed by atoms with Crippen LogP contribution in [0.1, 0.15) is 15.2 Å². The molecule has 94 valence electrons. The highest BCUT2D eigenvalue weighted by atomic mass is 32.1. The first-order chi connectivity index (χ1) is 8.74. The van der Waals surface area contributed by atoms with Gasteiger partial charge in [-0.05, 0) is 5.56 Å². The van der Waals surface area contributed by atoms with Crippen LogP contribution in [0.2, 0.25) is 0 Å². The molecule has 0 atom stereocenters. The molecule has 2 rings (SSSR count). The molecule has 0 unspecified atom stereocenters. The molecule has 0 saturated heterocycles. The molecule has 1 heterocycles. The van der Waals surface area contributed by atoms with Crippen molar-refractivity contribution in [1.82, 2.24) is 4.98 Å². The maximum Gasteiger partial charge on any atom is 0.349 e. The number of hydrogen-bond acceptors (Lipinski definition) is 5. The first kappa shape index (κ1) is 12.7. The number of aromatic nitrogens is 1. The molecule has 18 heavy (non-hydrogen) atoms. The Morgan fingerprint density at radius 3 is 2.61 bits per heavy atom. The molecule has 5 heteroatoms. The quantitative estimate of drug-likeness (QED) is 0.796. The highest BCUT2D eigenvalue weighted by Crippen LogP contribution is 2.25. The average molecular weight is 263 g/mol. The van der Waals surface area contributed by atoms with Gasteiger partial charge in [-0.25, -0.2) is 9.78 Å². The zero-order chi connectivity index (χ0) is 13.0. The fourth-order valence-electron chi connectivity index (χ4n) is 1.51. The number of nitrogens with zero attached hydrogens (tertiary/aromatic N) is 1. The van der Waals surface area contributed by atoms with E-state index >= 15 is 0 Å². The van der Waals surface area contributed by atoms with E-state index in [2.05, 4.69) is 9.72 Å². The number of esters is 1. The van der Waals surface area contributed by atoms with E-state index in [-0.39, 0.29) is 5.97 Å². The summed E-state index contributed by atoms with van der Waals surface area (Å²) in [5.74, 6) is -0.352. The molecule has 0 amide bonds. The molecule has 1 aromatic carbocycles. The number of thiazole rings is 1. The summed E-state index contributed by atoms with van der Waals surface area (Å²) in [6.07, 6.45) is 1.54. The van der Waals surface area contributed by atoms with Crippen molar-refractivity contribution in [1.29, 1.82) is 0 Å². The molecule has 4 nitrogen and oxygen atoms in total. The van der Waals surface area contributed by atoms with E-state index in [1.165, 1.54) is 24.6 Å². The summed E-state index contributed by atoms with van der Waals surface area (Å²) < 4.78 is 9.70. The third kappa shape index (κ3) is 2.75. The van der Waals surface area contributed by atoms with Crippen molar-refractivity contribution < 1.29 is 14.3 Å². The lowest BCUT2D eigenvalue weighted by molar-refractivity contribution is 0.0606. The lowest BCUT2D eigenvalue weighted by atomic mass is 10.1. The van der Waals surface area contributed by atoms with E-state index in [0.29, 0.717) is 11.5 Å². The topological polar surface area (TPSA) is 48.4 Å². The van der Waals surface area contributed by atoms with Crippen molar-refractivity contribution in [3.63, 3.8) is 0 Å². The van der Waals surface area contributed by atoms with Gasteiger partial charge in [0.05, 0.1) is 19.9 Å². The Kier molecular flexibility index (Phi) is 4.07. The van der Waals surface area contributed by atoms with Crippen molar-refractivity contribution in [2.75, 3.05) is 14.2 Å². The number of rotatable bonds is 4. The Morgan fingerprint density at radius 2 is 2.00 bits per heavy atom. The van der Waals surface area contributed by atoms with Gasteiger partial charge >= 0.3 is 5.97 Å². The first-order valence-electron chi connectivity index (χ1n) is 5.37.